The maximum absolute atomic E-state index is 12.1. The van der Waals surface area contributed by atoms with Crippen LogP contribution in [0.2, 0.25) is 0 Å². The molecule has 1 N–H and O–H groups in total. The Morgan fingerprint density at radius 3 is 3.06 bits per heavy atom. The minimum absolute atomic E-state index is 0.0643. The van der Waals surface area contributed by atoms with E-state index >= 15 is 0 Å². The average molecular weight is 274 g/mol. The molecular formula is C11H16ClN3OS. The first kappa shape index (κ1) is 12.8. The molecule has 1 aromatic rings. The third-order valence-electron chi connectivity index (χ3n) is 3.00. The van der Waals surface area contributed by atoms with Crippen LogP contribution in [0.4, 0.5) is 0 Å². The van der Waals surface area contributed by atoms with Crippen molar-refractivity contribution in [3.63, 3.8) is 0 Å². The van der Waals surface area contributed by atoms with Crippen LogP contribution in [0.25, 0.3) is 0 Å². The number of aromatic nitrogens is 2. The van der Waals surface area contributed by atoms with Gasteiger partial charge in [-0.25, -0.2) is 0 Å². The predicted molar refractivity (Wildman–Crippen MR) is 68.7 cm³/mol. The quantitative estimate of drug-likeness (QED) is 0.857. The first-order valence-electron chi connectivity index (χ1n) is 5.98. The lowest BCUT2D eigenvalue weighted by Crippen LogP contribution is -2.37. The summed E-state index contributed by atoms with van der Waals surface area (Å²) in [6.07, 6.45) is 4.80. The Labute approximate surface area is 110 Å². The molecule has 0 radical (unpaired) electrons. The summed E-state index contributed by atoms with van der Waals surface area (Å²) in [6.45, 7) is 2.06. The number of nitrogens with zero attached hydrogens (tertiary/aromatic N) is 2. The highest BCUT2D eigenvalue weighted by atomic mass is 35.5. The lowest BCUT2D eigenvalue weighted by atomic mass is 10.2. The third kappa shape index (κ3) is 2.96. The Balaban J connectivity index is 2.01. The van der Waals surface area contributed by atoms with Gasteiger partial charge in [0.2, 0.25) is 0 Å². The predicted octanol–water partition coefficient (Wildman–Crippen LogP) is 2.38. The van der Waals surface area contributed by atoms with Gasteiger partial charge in [-0.3, -0.25) is 4.79 Å². The lowest BCUT2D eigenvalue weighted by molar-refractivity contribution is 0.0941. The molecular weight excluding hydrogens is 258 g/mol. The van der Waals surface area contributed by atoms with Gasteiger partial charge in [0.25, 0.3) is 5.91 Å². The number of alkyl halides is 1. The van der Waals surface area contributed by atoms with Gasteiger partial charge < -0.3 is 5.32 Å². The zero-order valence-electron chi connectivity index (χ0n) is 9.78. The van der Waals surface area contributed by atoms with Gasteiger partial charge in [-0.15, -0.1) is 16.7 Å². The lowest BCUT2D eigenvalue weighted by Gasteiger charge is -2.15. The highest BCUT2D eigenvalue weighted by molar-refractivity contribution is 7.08. The summed E-state index contributed by atoms with van der Waals surface area (Å²) in [5.41, 5.74) is 0.805. The van der Waals surface area contributed by atoms with Crippen LogP contribution in [0.5, 0.6) is 0 Å². The van der Waals surface area contributed by atoms with Crippen LogP contribution in [-0.4, -0.2) is 26.9 Å². The fourth-order valence-corrected chi connectivity index (χ4v) is 3.05. The van der Waals surface area contributed by atoms with Crippen molar-refractivity contribution in [3.8, 4) is 0 Å². The van der Waals surface area contributed by atoms with E-state index in [0.717, 1.165) is 37.8 Å². The third-order valence-corrected chi connectivity index (χ3v) is 4.29. The zero-order valence-corrected chi connectivity index (χ0v) is 11.4. The number of hydrogen-bond donors (Lipinski definition) is 1. The van der Waals surface area contributed by atoms with Gasteiger partial charge in [0, 0.05) is 6.04 Å². The molecule has 1 amide bonds. The van der Waals surface area contributed by atoms with Crippen molar-refractivity contribution in [2.24, 2.45) is 0 Å². The zero-order chi connectivity index (χ0) is 12.3. The first-order chi connectivity index (χ1) is 8.22. The van der Waals surface area contributed by atoms with Crippen molar-refractivity contribution >= 4 is 29.0 Å². The molecule has 0 aromatic carbocycles. The molecule has 2 atom stereocenters. The van der Waals surface area contributed by atoms with E-state index in [1.54, 1.807) is 0 Å². The van der Waals surface area contributed by atoms with Gasteiger partial charge in [-0.1, -0.05) is 17.8 Å². The van der Waals surface area contributed by atoms with E-state index in [0.29, 0.717) is 4.88 Å². The highest BCUT2D eigenvalue weighted by Gasteiger charge is 2.28. The Morgan fingerprint density at radius 2 is 2.41 bits per heavy atom. The molecule has 17 heavy (non-hydrogen) atoms. The number of amides is 1. The topological polar surface area (TPSA) is 54.9 Å². The van der Waals surface area contributed by atoms with E-state index < -0.39 is 0 Å². The number of carbonyl (C=O) groups excluding carboxylic acids is 1. The standard InChI is InChI=1S/C11H16ClN3OS/c1-2-4-9-10(17-15-14-9)11(16)13-8-6-3-5-7(8)12/h7-8H,2-6H2,1H3,(H,13,16). The van der Waals surface area contributed by atoms with E-state index in [1.165, 1.54) is 11.5 Å². The summed E-state index contributed by atoms with van der Waals surface area (Å²) in [5.74, 6) is -0.0685. The van der Waals surface area contributed by atoms with Crippen LogP contribution in [-0.2, 0) is 6.42 Å². The summed E-state index contributed by atoms with van der Waals surface area (Å²) >= 11 is 7.31. The summed E-state index contributed by atoms with van der Waals surface area (Å²) in [7, 11) is 0. The molecule has 0 aliphatic heterocycles. The molecule has 2 rings (SSSR count). The number of aryl methyl sites for hydroxylation is 1. The maximum atomic E-state index is 12.1. The van der Waals surface area contributed by atoms with Crippen molar-refractivity contribution in [2.45, 2.75) is 50.4 Å². The van der Waals surface area contributed by atoms with Crippen molar-refractivity contribution in [1.82, 2.24) is 14.9 Å². The van der Waals surface area contributed by atoms with E-state index in [2.05, 4.69) is 21.8 Å². The number of hydrogen-bond acceptors (Lipinski definition) is 4. The van der Waals surface area contributed by atoms with E-state index in [1.807, 2.05) is 0 Å². The number of carbonyl (C=O) groups is 1. The van der Waals surface area contributed by atoms with Gasteiger partial charge in [0.1, 0.15) is 4.88 Å². The minimum atomic E-state index is -0.0685. The normalized spacial score (nSPS) is 23.9. The Morgan fingerprint density at radius 1 is 1.59 bits per heavy atom. The van der Waals surface area contributed by atoms with E-state index in [4.69, 9.17) is 11.6 Å². The average Bonchev–Trinajstić information content (AvgIpc) is 2.89. The number of halogens is 1. The monoisotopic (exact) mass is 273 g/mol. The summed E-state index contributed by atoms with van der Waals surface area (Å²) in [4.78, 5) is 12.7. The molecule has 2 unspecified atom stereocenters. The molecule has 0 saturated heterocycles. The van der Waals surface area contributed by atoms with Gasteiger partial charge in [0.15, 0.2) is 0 Å². The van der Waals surface area contributed by atoms with Gasteiger partial charge in [0.05, 0.1) is 11.1 Å². The fraction of sp³-hybridized carbons (Fsp3) is 0.727. The molecule has 1 aliphatic carbocycles. The van der Waals surface area contributed by atoms with E-state index in [-0.39, 0.29) is 17.3 Å². The second-order valence-corrected chi connectivity index (χ2v) is 5.64. The van der Waals surface area contributed by atoms with Crippen LogP contribution < -0.4 is 5.32 Å². The van der Waals surface area contributed by atoms with Gasteiger partial charge in [-0.2, -0.15) is 0 Å². The first-order valence-corrected chi connectivity index (χ1v) is 7.19. The summed E-state index contributed by atoms with van der Waals surface area (Å²) in [5, 5.41) is 7.05. The number of nitrogens with one attached hydrogen (secondary N) is 1. The Bertz CT molecular complexity index is 396. The van der Waals surface area contributed by atoms with Crippen LogP contribution >= 0.6 is 23.1 Å². The summed E-state index contributed by atoms with van der Waals surface area (Å²) < 4.78 is 3.85. The van der Waals surface area contributed by atoms with Crippen molar-refractivity contribution in [2.75, 3.05) is 0 Å². The van der Waals surface area contributed by atoms with Gasteiger partial charge in [-0.05, 0) is 37.2 Å². The molecule has 0 bridgehead atoms. The van der Waals surface area contributed by atoms with Crippen LogP contribution in [0.1, 0.15) is 48.0 Å². The largest absolute Gasteiger partial charge is 0.347 e. The van der Waals surface area contributed by atoms with Crippen molar-refractivity contribution < 1.29 is 4.79 Å². The van der Waals surface area contributed by atoms with E-state index in [9.17, 15) is 4.79 Å². The van der Waals surface area contributed by atoms with Crippen LogP contribution in [0, 0.1) is 0 Å². The molecule has 94 valence electrons. The Hall–Kier alpha value is -0.680. The maximum Gasteiger partial charge on any atom is 0.265 e. The SMILES string of the molecule is CCCc1nnsc1C(=O)NC1CCCC1Cl. The molecule has 1 aromatic heterocycles. The molecule has 0 spiro atoms. The van der Waals surface area contributed by atoms with Gasteiger partial charge >= 0.3 is 0 Å². The second-order valence-electron chi connectivity index (χ2n) is 4.33. The van der Waals surface area contributed by atoms with Crippen molar-refractivity contribution in [1.29, 1.82) is 0 Å². The molecule has 1 fully saturated rings. The molecule has 4 nitrogen and oxygen atoms in total. The second kappa shape index (κ2) is 5.78. The summed E-state index contributed by atoms with van der Waals surface area (Å²) in [6, 6.07) is 0.0979. The van der Waals surface area contributed by atoms with Crippen LogP contribution in [0.15, 0.2) is 0 Å². The molecule has 6 heteroatoms. The fourth-order valence-electron chi connectivity index (χ4n) is 2.09. The minimum Gasteiger partial charge on any atom is -0.347 e. The Kier molecular flexibility index (Phi) is 4.34. The highest BCUT2D eigenvalue weighted by Crippen LogP contribution is 2.24. The molecule has 1 aliphatic rings. The number of rotatable bonds is 4. The molecule has 1 saturated carbocycles. The van der Waals surface area contributed by atoms with Crippen molar-refractivity contribution in [3.05, 3.63) is 10.6 Å². The molecule has 1 heterocycles. The smallest absolute Gasteiger partial charge is 0.265 e. The van der Waals surface area contributed by atoms with Crippen LogP contribution in [0.3, 0.4) is 0 Å².